The van der Waals surface area contributed by atoms with E-state index in [-0.39, 0.29) is 30.0 Å². The lowest BCUT2D eigenvalue weighted by Gasteiger charge is -2.07. The van der Waals surface area contributed by atoms with E-state index in [0.717, 1.165) is 17.0 Å². The number of hydrogen-bond donors (Lipinski definition) is 2. The molecular formula is C20H21N5O3. The first kappa shape index (κ1) is 19.2. The minimum atomic E-state index is -0.336. The fourth-order valence-corrected chi connectivity index (χ4v) is 2.68. The molecule has 0 spiro atoms. The molecule has 3 rings (SSSR count). The summed E-state index contributed by atoms with van der Waals surface area (Å²) in [5.41, 5.74) is 1.57. The number of para-hydroxylation sites is 1. The Labute approximate surface area is 162 Å². The predicted octanol–water partition coefficient (Wildman–Crippen LogP) is 1.41. The van der Waals surface area contributed by atoms with Crippen molar-refractivity contribution >= 4 is 5.91 Å². The zero-order valence-corrected chi connectivity index (χ0v) is 15.5. The van der Waals surface area contributed by atoms with Crippen LogP contribution in [-0.2, 0) is 24.2 Å². The number of benzene rings is 1. The van der Waals surface area contributed by atoms with Crippen LogP contribution in [0, 0.1) is 0 Å². The van der Waals surface area contributed by atoms with Crippen molar-refractivity contribution in [2.24, 2.45) is 0 Å². The second kappa shape index (κ2) is 9.40. The average Bonchev–Trinajstić information content (AvgIpc) is 2.73. The lowest BCUT2D eigenvalue weighted by atomic mass is 10.1. The zero-order chi connectivity index (χ0) is 19.8. The average molecular weight is 379 g/mol. The van der Waals surface area contributed by atoms with E-state index < -0.39 is 0 Å². The van der Waals surface area contributed by atoms with E-state index in [1.807, 2.05) is 42.5 Å². The Bertz CT molecular complexity index is 988. The second-order valence-corrected chi connectivity index (χ2v) is 6.13. The van der Waals surface area contributed by atoms with Crippen LogP contribution in [0.1, 0.15) is 29.2 Å². The van der Waals surface area contributed by atoms with Gasteiger partial charge >= 0.3 is 0 Å². The van der Waals surface area contributed by atoms with Crippen molar-refractivity contribution in [1.29, 1.82) is 0 Å². The number of carbonyl (C=O) groups is 1. The normalized spacial score (nSPS) is 10.5. The lowest BCUT2D eigenvalue weighted by Crippen LogP contribution is -2.26. The number of amides is 1. The molecule has 0 bridgehead atoms. The van der Waals surface area contributed by atoms with E-state index in [2.05, 4.69) is 25.5 Å². The smallest absolute Gasteiger partial charge is 0.272 e. The first-order valence-corrected chi connectivity index (χ1v) is 8.89. The molecule has 0 aliphatic heterocycles. The maximum atomic E-state index is 12.2. The standard InChI is InChI=1S/C20H21N5O3/c1-28-17-8-3-2-6-14(17)12-18-23-20(27)16(24-25-18)9-10-19(26)22-13-15-7-4-5-11-21-15/h2-8,11H,9-10,12-13H2,1H3,(H,22,26)(H,23,25,27). The number of rotatable bonds is 8. The Kier molecular flexibility index (Phi) is 6.46. The molecule has 0 fully saturated rings. The molecule has 3 aromatic rings. The molecule has 0 aliphatic carbocycles. The van der Waals surface area contributed by atoms with Crippen molar-refractivity contribution in [3.05, 3.63) is 81.8 Å². The van der Waals surface area contributed by atoms with Crippen molar-refractivity contribution in [3.63, 3.8) is 0 Å². The number of H-pyrrole nitrogens is 1. The third-order valence-electron chi connectivity index (χ3n) is 4.14. The molecule has 0 radical (unpaired) electrons. The largest absolute Gasteiger partial charge is 0.496 e. The SMILES string of the molecule is COc1ccccc1Cc1nnc(CCC(=O)NCc2ccccn2)c(=O)[nH]1. The van der Waals surface area contributed by atoms with Crippen LogP contribution in [0.5, 0.6) is 5.75 Å². The Morgan fingerprint density at radius 2 is 1.96 bits per heavy atom. The second-order valence-electron chi connectivity index (χ2n) is 6.13. The molecule has 144 valence electrons. The minimum absolute atomic E-state index is 0.149. The highest BCUT2D eigenvalue weighted by atomic mass is 16.5. The fourth-order valence-electron chi connectivity index (χ4n) is 2.68. The number of methoxy groups -OCH3 is 1. The summed E-state index contributed by atoms with van der Waals surface area (Å²) in [6.45, 7) is 0.347. The van der Waals surface area contributed by atoms with Crippen LogP contribution in [0.3, 0.4) is 0 Å². The van der Waals surface area contributed by atoms with Gasteiger partial charge in [-0.25, -0.2) is 0 Å². The number of ether oxygens (including phenoxy) is 1. The minimum Gasteiger partial charge on any atom is -0.496 e. The maximum Gasteiger partial charge on any atom is 0.272 e. The van der Waals surface area contributed by atoms with E-state index >= 15 is 0 Å². The summed E-state index contributed by atoms with van der Waals surface area (Å²) < 4.78 is 5.30. The summed E-state index contributed by atoms with van der Waals surface area (Å²) in [5, 5.41) is 10.8. The predicted molar refractivity (Wildman–Crippen MR) is 103 cm³/mol. The lowest BCUT2D eigenvalue weighted by molar-refractivity contribution is -0.121. The van der Waals surface area contributed by atoms with Crippen molar-refractivity contribution in [3.8, 4) is 5.75 Å². The van der Waals surface area contributed by atoms with Crippen LogP contribution in [0.2, 0.25) is 0 Å². The number of nitrogens with zero attached hydrogens (tertiary/aromatic N) is 3. The summed E-state index contributed by atoms with van der Waals surface area (Å²) in [6.07, 6.45) is 2.43. The molecule has 0 saturated carbocycles. The van der Waals surface area contributed by atoms with Crippen LogP contribution < -0.4 is 15.6 Å². The Morgan fingerprint density at radius 1 is 1.14 bits per heavy atom. The van der Waals surface area contributed by atoms with E-state index in [0.29, 0.717) is 18.8 Å². The molecule has 2 N–H and O–H groups in total. The molecule has 0 aliphatic rings. The zero-order valence-electron chi connectivity index (χ0n) is 15.5. The molecule has 28 heavy (non-hydrogen) atoms. The highest BCUT2D eigenvalue weighted by molar-refractivity contribution is 5.76. The van der Waals surface area contributed by atoms with Crippen molar-refractivity contribution in [2.45, 2.75) is 25.8 Å². The van der Waals surface area contributed by atoms with Crippen molar-refractivity contribution < 1.29 is 9.53 Å². The maximum absolute atomic E-state index is 12.2. The van der Waals surface area contributed by atoms with Crippen LogP contribution in [0.25, 0.3) is 0 Å². The number of hydrogen-bond acceptors (Lipinski definition) is 6. The molecular weight excluding hydrogens is 358 g/mol. The monoisotopic (exact) mass is 379 g/mol. The number of pyridine rings is 1. The summed E-state index contributed by atoms with van der Waals surface area (Å²) >= 11 is 0. The molecule has 0 atom stereocenters. The van der Waals surface area contributed by atoms with Gasteiger partial charge < -0.3 is 15.0 Å². The van der Waals surface area contributed by atoms with E-state index in [1.165, 1.54) is 0 Å². The number of aromatic amines is 1. The van der Waals surface area contributed by atoms with Gasteiger partial charge in [-0.1, -0.05) is 24.3 Å². The van der Waals surface area contributed by atoms with Gasteiger partial charge in [0.05, 0.1) is 19.3 Å². The van der Waals surface area contributed by atoms with E-state index in [4.69, 9.17) is 4.74 Å². The van der Waals surface area contributed by atoms with Gasteiger partial charge in [-0.2, -0.15) is 0 Å². The number of aryl methyl sites for hydroxylation is 1. The Balaban J connectivity index is 1.55. The van der Waals surface area contributed by atoms with Gasteiger partial charge in [0, 0.05) is 31.0 Å². The van der Waals surface area contributed by atoms with Crippen LogP contribution in [-0.4, -0.2) is 33.2 Å². The highest BCUT2D eigenvalue weighted by Crippen LogP contribution is 2.19. The summed E-state index contributed by atoms with van der Waals surface area (Å²) in [7, 11) is 1.59. The third-order valence-corrected chi connectivity index (χ3v) is 4.14. The molecule has 0 saturated heterocycles. The molecule has 8 nitrogen and oxygen atoms in total. The Morgan fingerprint density at radius 3 is 2.71 bits per heavy atom. The van der Waals surface area contributed by atoms with Crippen molar-refractivity contribution in [1.82, 2.24) is 25.5 Å². The van der Waals surface area contributed by atoms with Gasteiger partial charge in [-0.05, 0) is 18.2 Å². The van der Waals surface area contributed by atoms with E-state index in [1.54, 1.807) is 13.3 Å². The molecule has 0 unspecified atom stereocenters. The molecule has 2 aromatic heterocycles. The highest BCUT2D eigenvalue weighted by Gasteiger charge is 2.10. The quantitative estimate of drug-likeness (QED) is 0.612. The first-order valence-electron chi connectivity index (χ1n) is 8.89. The molecule has 2 heterocycles. The van der Waals surface area contributed by atoms with Crippen molar-refractivity contribution in [2.75, 3.05) is 7.11 Å². The number of aromatic nitrogens is 4. The van der Waals surface area contributed by atoms with Gasteiger partial charge in [0.15, 0.2) is 0 Å². The number of carbonyl (C=O) groups excluding carboxylic acids is 1. The van der Waals surface area contributed by atoms with Gasteiger partial charge in [0.2, 0.25) is 5.91 Å². The molecule has 1 amide bonds. The van der Waals surface area contributed by atoms with Crippen LogP contribution in [0.4, 0.5) is 0 Å². The van der Waals surface area contributed by atoms with Gasteiger partial charge in [-0.3, -0.25) is 14.6 Å². The van der Waals surface area contributed by atoms with E-state index in [9.17, 15) is 9.59 Å². The summed E-state index contributed by atoms with van der Waals surface area (Å²) in [4.78, 5) is 31.1. The topological polar surface area (TPSA) is 110 Å². The Hall–Kier alpha value is -3.55. The summed E-state index contributed by atoms with van der Waals surface area (Å²) in [5.74, 6) is 0.988. The van der Waals surface area contributed by atoms with Gasteiger partial charge in [-0.15, -0.1) is 10.2 Å². The molecule has 1 aromatic carbocycles. The molecule has 8 heteroatoms. The van der Waals surface area contributed by atoms with Crippen LogP contribution in [0.15, 0.2) is 53.5 Å². The summed E-state index contributed by atoms with van der Waals surface area (Å²) in [6, 6.07) is 13.0. The number of nitrogens with one attached hydrogen (secondary N) is 2. The van der Waals surface area contributed by atoms with Gasteiger partial charge in [0.1, 0.15) is 17.3 Å². The van der Waals surface area contributed by atoms with Crippen LogP contribution >= 0.6 is 0 Å². The third kappa shape index (κ3) is 5.23. The fraction of sp³-hybridized carbons (Fsp3) is 0.250. The first-order chi connectivity index (χ1) is 13.7. The van der Waals surface area contributed by atoms with Gasteiger partial charge in [0.25, 0.3) is 5.56 Å².